The van der Waals surface area contributed by atoms with Crippen LogP contribution in [0.5, 0.6) is 0 Å². The maximum absolute atomic E-state index is 12.5. The van der Waals surface area contributed by atoms with Crippen LogP contribution >= 0.6 is 11.3 Å². The van der Waals surface area contributed by atoms with Crippen molar-refractivity contribution in [3.63, 3.8) is 0 Å². The zero-order valence-electron chi connectivity index (χ0n) is 11.4. The lowest BCUT2D eigenvalue weighted by Gasteiger charge is -2.33. The summed E-state index contributed by atoms with van der Waals surface area (Å²) >= 11 is 1.54. The molecule has 2 aromatic rings. The Bertz CT molecular complexity index is 579. The van der Waals surface area contributed by atoms with Crippen LogP contribution in [0.25, 0.3) is 0 Å². The molecule has 2 aromatic heterocycles. The maximum Gasteiger partial charge on any atom is 0.255 e. The van der Waals surface area contributed by atoms with Crippen LogP contribution in [0.2, 0.25) is 0 Å². The van der Waals surface area contributed by atoms with Crippen LogP contribution in [-0.2, 0) is 11.3 Å². The first kappa shape index (κ1) is 13.3. The Morgan fingerprint density at radius 1 is 1.55 bits per heavy atom. The molecule has 1 aliphatic heterocycles. The van der Waals surface area contributed by atoms with Crippen molar-refractivity contribution in [3.8, 4) is 0 Å². The van der Waals surface area contributed by atoms with Gasteiger partial charge in [-0.3, -0.25) is 9.48 Å². The van der Waals surface area contributed by atoms with Gasteiger partial charge in [0.05, 0.1) is 30.5 Å². The number of fused-ring (bicyclic) bond motifs is 1. The third kappa shape index (κ3) is 2.48. The van der Waals surface area contributed by atoms with Crippen molar-refractivity contribution in [2.75, 3.05) is 19.8 Å². The van der Waals surface area contributed by atoms with Crippen LogP contribution in [0.15, 0.2) is 29.1 Å². The van der Waals surface area contributed by atoms with Crippen molar-refractivity contribution >= 4 is 17.2 Å². The highest BCUT2D eigenvalue weighted by molar-refractivity contribution is 7.08. The Balaban J connectivity index is 1.80. The van der Waals surface area contributed by atoms with Crippen molar-refractivity contribution in [1.29, 1.82) is 0 Å². The number of nitrogens with zero attached hydrogens (tertiary/aromatic N) is 3. The number of ether oxygens (including phenoxy) is 1. The molecule has 3 heterocycles. The first-order chi connectivity index (χ1) is 9.79. The number of carbonyl (C=O) groups is 1. The predicted octanol–water partition coefficient (Wildman–Crippen LogP) is 2.18. The fraction of sp³-hybridized carbons (Fsp3) is 0.429. The summed E-state index contributed by atoms with van der Waals surface area (Å²) in [6, 6.07) is 3.93. The predicted molar refractivity (Wildman–Crippen MR) is 76.8 cm³/mol. The zero-order valence-corrected chi connectivity index (χ0v) is 12.2. The molecule has 0 radical (unpaired) electrons. The average molecular weight is 291 g/mol. The van der Waals surface area contributed by atoms with E-state index in [1.54, 1.807) is 17.5 Å². The summed E-state index contributed by atoms with van der Waals surface area (Å²) in [5, 5.41) is 8.17. The fourth-order valence-electron chi connectivity index (χ4n) is 2.49. The molecule has 106 valence electrons. The molecule has 0 aliphatic carbocycles. The third-order valence-electron chi connectivity index (χ3n) is 3.45. The van der Waals surface area contributed by atoms with Gasteiger partial charge in [-0.25, -0.2) is 0 Å². The molecule has 1 aliphatic rings. The van der Waals surface area contributed by atoms with Gasteiger partial charge in [0.2, 0.25) is 0 Å². The van der Waals surface area contributed by atoms with E-state index in [4.69, 9.17) is 4.74 Å². The second-order valence-corrected chi connectivity index (χ2v) is 5.56. The molecular weight excluding hydrogens is 274 g/mol. The number of amides is 1. The third-order valence-corrected chi connectivity index (χ3v) is 4.14. The van der Waals surface area contributed by atoms with Gasteiger partial charge in [-0.2, -0.15) is 16.4 Å². The van der Waals surface area contributed by atoms with Crippen LogP contribution in [0.3, 0.4) is 0 Å². The van der Waals surface area contributed by atoms with Gasteiger partial charge in [0.25, 0.3) is 5.91 Å². The topological polar surface area (TPSA) is 47.4 Å². The molecule has 1 atom stereocenters. The summed E-state index contributed by atoms with van der Waals surface area (Å²) < 4.78 is 7.50. The second kappa shape index (κ2) is 5.76. The van der Waals surface area contributed by atoms with E-state index in [-0.39, 0.29) is 11.9 Å². The van der Waals surface area contributed by atoms with Gasteiger partial charge in [-0.1, -0.05) is 0 Å². The van der Waals surface area contributed by atoms with Crippen LogP contribution in [-0.4, -0.2) is 40.3 Å². The second-order valence-electron chi connectivity index (χ2n) is 4.78. The Morgan fingerprint density at radius 3 is 3.20 bits per heavy atom. The smallest absolute Gasteiger partial charge is 0.255 e. The largest absolute Gasteiger partial charge is 0.379 e. The Morgan fingerprint density at radius 2 is 2.45 bits per heavy atom. The lowest BCUT2D eigenvalue weighted by atomic mass is 10.1. The lowest BCUT2D eigenvalue weighted by Crippen LogP contribution is -2.42. The van der Waals surface area contributed by atoms with E-state index < -0.39 is 0 Å². The summed E-state index contributed by atoms with van der Waals surface area (Å²) in [5.74, 6) is 0.0835. The first-order valence-corrected chi connectivity index (χ1v) is 7.65. The summed E-state index contributed by atoms with van der Waals surface area (Å²) in [5.41, 5.74) is 1.82. The number of carbonyl (C=O) groups excluding carboxylic acids is 1. The summed E-state index contributed by atoms with van der Waals surface area (Å²) in [4.78, 5) is 14.4. The van der Waals surface area contributed by atoms with Gasteiger partial charge in [0.1, 0.15) is 0 Å². The average Bonchev–Trinajstić information content (AvgIpc) is 3.14. The number of aromatic nitrogens is 2. The molecule has 0 fully saturated rings. The van der Waals surface area contributed by atoms with E-state index in [1.165, 1.54) is 0 Å². The minimum Gasteiger partial charge on any atom is -0.379 e. The van der Waals surface area contributed by atoms with Crippen LogP contribution in [0.4, 0.5) is 0 Å². The molecule has 0 spiro atoms. The zero-order chi connectivity index (χ0) is 13.9. The lowest BCUT2D eigenvalue weighted by molar-refractivity contribution is 0.0517. The van der Waals surface area contributed by atoms with E-state index in [9.17, 15) is 4.79 Å². The standard InChI is InChI=1S/C14H17N3O2S/c1-2-19-9-13-8-16(7-12-3-5-15-17(12)13)14(18)11-4-6-20-10-11/h3-6,10,13H,2,7-9H2,1H3. The highest BCUT2D eigenvalue weighted by atomic mass is 32.1. The van der Waals surface area contributed by atoms with Crippen molar-refractivity contribution in [2.24, 2.45) is 0 Å². The fourth-order valence-corrected chi connectivity index (χ4v) is 3.12. The quantitative estimate of drug-likeness (QED) is 0.867. The molecule has 0 saturated heterocycles. The molecule has 1 amide bonds. The number of thiophene rings is 1. The van der Waals surface area contributed by atoms with Crippen molar-refractivity contribution < 1.29 is 9.53 Å². The summed E-state index contributed by atoms with van der Waals surface area (Å²) in [6.07, 6.45) is 1.78. The Labute approximate surface area is 121 Å². The van der Waals surface area contributed by atoms with Gasteiger partial charge in [-0.05, 0) is 24.4 Å². The molecular formula is C14H17N3O2S. The molecule has 5 nitrogen and oxygen atoms in total. The Kier molecular flexibility index (Phi) is 3.84. The summed E-state index contributed by atoms with van der Waals surface area (Å²) in [6.45, 7) is 4.48. The van der Waals surface area contributed by atoms with Crippen molar-refractivity contribution in [2.45, 2.75) is 19.5 Å². The molecule has 0 aromatic carbocycles. The molecule has 0 saturated carbocycles. The van der Waals surface area contributed by atoms with Gasteiger partial charge < -0.3 is 9.64 Å². The van der Waals surface area contributed by atoms with E-state index in [1.807, 2.05) is 39.4 Å². The van der Waals surface area contributed by atoms with E-state index >= 15 is 0 Å². The number of rotatable bonds is 4. The van der Waals surface area contributed by atoms with Crippen molar-refractivity contribution in [3.05, 3.63) is 40.3 Å². The maximum atomic E-state index is 12.5. The van der Waals surface area contributed by atoms with E-state index in [2.05, 4.69) is 5.10 Å². The molecule has 6 heteroatoms. The van der Waals surface area contributed by atoms with Crippen LogP contribution in [0, 0.1) is 0 Å². The monoisotopic (exact) mass is 291 g/mol. The normalized spacial score (nSPS) is 18.1. The minimum atomic E-state index is 0.0835. The van der Waals surface area contributed by atoms with Gasteiger partial charge in [0, 0.05) is 24.7 Å². The van der Waals surface area contributed by atoms with Crippen LogP contribution in [0.1, 0.15) is 29.0 Å². The highest BCUT2D eigenvalue weighted by Crippen LogP contribution is 2.22. The van der Waals surface area contributed by atoms with Gasteiger partial charge >= 0.3 is 0 Å². The summed E-state index contributed by atoms with van der Waals surface area (Å²) in [7, 11) is 0. The minimum absolute atomic E-state index is 0.0835. The van der Waals surface area contributed by atoms with Crippen LogP contribution < -0.4 is 0 Å². The van der Waals surface area contributed by atoms with Gasteiger partial charge in [0.15, 0.2) is 0 Å². The number of hydrogen-bond donors (Lipinski definition) is 0. The molecule has 20 heavy (non-hydrogen) atoms. The molecule has 0 N–H and O–H groups in total. The van der Waals surface area contributed by atoms with E-state index in [0.717, 1.165) is 11.3 Å². The highest BCUT2D eigenvalue weighted by Gasteiger charge is 2.29. The molecule has 0 bridgehead atoms. The van der Waals surface area contributed by atoms with Crippen molar-refractivity contribution in [1.82, 2.24) is 14.7 Å². The SMILES string of the molecule is CCOCC1CN(C(=O)c2ccsc2)Cc2ccnn21. The van der Waals surface area contributed by atoms with E-state index in [0.29, 0.717) is 26.3 Å². The van der Waals surface area contributed by atoms with Gasteiger partial charge in [-0.15, -0.1) is 0 Å². The Hall–Kier alpha value is -1.66. The molecule has 1 unspecified atom stereocenters. The molecule has 3 rings (SSSR count). The first-order valence-electron chi connectivity index (χ1n) is 6.71. The number of hydrogen-bond acceptors (Lipinski definition) is 4.